The number of unbranched alkanes of at least 4 members (excludes halogenated alkanes) is 2. The molecular weight excluding hydrogens is 364 g/mol. The number of aliphatic imine (C=N–C) groups is 1. The molecular formula is C18H34N6O4. The summed E-state index contributed by atoms with van der Waals surface area (Å²) >= 11 is 0. The first-order valence-electron chi connectivity index (χ1n) is 9.62. The zero-order chi connectivity index (χ0) is 20.6. The van der Waals surface area contributed by atoms with Gasteiger partial charge in [0, 0.05) is 38.6 Å². The highest BCUT2D eigenvalue weighted by Crippen LogP contribution is 2.03. The summed E-state index contributed by atoms with van der Waals surface area (Å²) in [5.41, 5.74) is 7.34. The number of methoxy groups -OCH3 is 1. The van der Waals surface area contributed by atoms with E-state index in [9.17, 15) is 9.59 Å². The molecule has 0 bridgehead atoms. The quantitative estimate of drug-likeness (QED) is 0.118. The number of nitrogens with one attached hydrogen (secondary N) is 4. The molecule has 3 amide bonds. The Hall–Kier alpha value is -2.01. The number of hydrogen-bond acceptors (Lipinski definition) is 8. The van der Waals surface area contributed by atoms with E-state index in [1.54, 1.807) is 18.2 Å². The largest absolute Gasteiger partial charge is 0.383 e. The molecule has 1 saturated heterocycles. The van der Waals surface area contributed by atoms with Crippen LogP contribution >= 0.6 is 0 Å². The first-order chi connectivity index (χ1) is 13.6. The minimum Gasteiger partial charge on any atom is -0.383 e. The number of ether oxygens (including phenoxy) is 2. The van der Waals surface area contributed by atoms with Crippen molar-refractivity contribution in [1.29, 1.82) is 0 Å². The van der Waals surface area contributed by atoms with Crippen molar-refractivity contribution in [3.63, 3.8) is 0 Å². The molecule has 1 atom stereocenters. The fraction of sp³-hybridized carbons (Fsp3) is 0.722. The van der Waals surface area contributed by atoms with Gasteiger partial charge in [0.2, 0.25) is 5.91 Å². The van der Waals surface area contributed by atoms with Crippen LogP contribution in [-0.4, -0.2) is 82.7 Å². The van der Waals surface area contributed by atoms with Crippen molar-refractivity contribution in [3.05, 3.63) is 11.9 Å². The molecule has 10 heteroatoms. The van der Waals surface area contributed by atoms with E-state index in [1.807, 2.05) is 6.92 Å². The number of imide groups is 1. The molecule has 0 aliphatic carbocycles. The van der Waals surface area contributed by atoms with Gasteiger partial charge in [0.1, 0.15) is 6.54 Å². The molecule has 1 unspecified atom stereocenters. The van der Waals surface area contributed by atoms with Gasteiger partial charge in [-0.05, 0) is 26.5 Å². The van der Waals surface area contributed by atoms with Gasteiger partial charge in [0.25, 0.3) is 0 Å². The molecule has 0 spiro atoms. The van der Waals surface area contributed by atoms with Gasteiger partial charge in [-0.2, -0.15) is 0 Å². The van der Waals surface area contributed by atoms with E-state index in [4.69, 9.17) is 9.47 Å². The van der Waals surface area contributed by atoms with Crippen molar-refractivity contribution in [3.8, 4) is 0 Å². The number of hydrogen-bond donors (Lipinski definition) is 4. The molecule has 1 aliphatic heterocycles. The third-order valence-electron chi connectivity index (χ3n) is 4.12. The van der Waals surface area contributed by atoms with Crippen LogP contribution in [0.25, 0.3) is 0 Å². The van der Waals surface area contributed by atoms with Crippen LogP contribution in [0.4, 0.5) is 4.79 Å². The lowest BCUT2D eigenvalue weighted by Gasteiger charge is -2.19. The van der Waals surface area contributed by atoms with Gasteiger partial charge >= 0.3 is 6.03 Å². The Morgan fingerprint density at radius 2 is 2.11 bits per heavy atom. The summed E-state index contributed by atoms with van der Waals surface area (Å²) in [6, 6.07) is -0.255. The third kappa shape index (κ3) is 10.4. The Balaban J connectivity index is 2.08. The molecule has 0 aromatic carbocycles. The van der Waals surface area contributed by atoms with Gasteiger partial charge in [-0.25, -0.2) is 10.2 Å². The van der Waals surface area contributed by atoms with E-state index in [0.717, 1.165) is 31.5 Å². The monoisotopic (exact) mass is 398 g/mol. The highest BCUT2D eigenvalue weighted by atomic mass is 16.5. The van der Waals surface area contributed by atoms with Crippen LogP contribution in [0.2, 0.25) is 0 Å². The number of urea groups is 1. The maximum atomic E-state index is 11.4. The maximum absolute atomic E-state index is 11.4. The average molecular weight is 399 g/mol. The maximum Gasteiger partial charge on any atom is 0.324 e. The van der Waals surface area contributed by atoms with Gasteiger partial charge in [0.15, 0.2) is 0 Å². The van der Waals surface area contributed by atoms with Gasteiger partial charge in [-0.3, -0.25) is 20.5 Å². The average Bonchev–Trinajstić information content (AvgIpc) is 2.99. The summed E-state index contributed by atoms with van der Waals surface area (Å²) in [4.78, 5) is 27.9. The highest BCUT2D eigenvalue weighted by Gasteiger charge is 2.25. The second-order valence-electron chi connectivity index (χ2n) is 6.43. The van der Waals surface area contributed by atoms with Crippen LogP contribution in [0.1, 0.15) is 26.2 Å². The van der Waals surface area contributed by atoms with Crippen molar-refractivity contribution in [2.75, 3.05) is 53.1 Å². The number of carbonyl (C=O) groups excluding carboxylic acids is 2. The van der Waals surface area contributed by atoms with Crippen molar-refractivity contribution in [2.24, 2.45) is 4.99 Å². The molecule has 10 nitrogen and oxygen atoms in total. The summed E-state index contributed by atoms with van der Waals surface area (Å²) in [7, 11) is 1.65. The number of carbonyl (C=O) groups is 2. The van der Waals surface area contributed by atoms with Crippen LogP contribution in [0, 0.1) is 0 Å². The smallest absolute Gasteiger partial charge is 0.324 e. The van der Waals surface area contributed by atoms with E-state index in [1.165, 1.54) is 0 Å². The van der Waals surface area contributed by atoms with Crippen LogP contribution in [0.3, 0.4) is 0 Å². The molecule has 0 radical (unpaired) electrons. The topological polar surface area (TPSA) is 116 Å². The zero-order valence-corrected chi connectivity index (χ0v) is 17.0. The van der Waals surface area contributed by atoms with Gasteiger partial charge < -0.3 is 19.7 Å². The molecule has 1 heterocycles. The molecule has 28 heavy (non-hydrogen) atoms. The Morgan fingerprint density at radius 1 is 1.29 bits per heavy atom. The SMILES string of the molecule is C=N/C=C(\NCCOCCOC)C(C)NNCCCCCN1CC(=O)NC1=O. The van der Waals surface area contributed by atoms with E-state index in [2.05, 4.69) is 33.2 Å². The molecule has 1 rings (SSSR count). The van der Waals surface area contributed by atoms with Crippen molar-refractivity contribution in [1.82, 2.24) is 26.4 Å². The number of amides is 3. The summed E-state index contributed by atoms with van der Waals surface area (Å²) in [5, 5.41) is 5.56. The fourth-order valence-corrected chi connectivity index (χ4v) is 2.58. The predicted octanol–water partition coefficient (Wildman–Crippen LogP) is -0.0142. The van der Waals surface area contributed by atoms with Crippen LogP contribution in [0.15, 0.2) is 16.9 Å². The normalized spacial score (nSPS) is 15.6. The molecule has 0 aromatic rings. The van der Waals surface area contributed by atoms with E-state index in [-0.39, 0.29) is 24.5 Å². The van der Waals surface area contributed by atoms with Crippen LogP contribution in [0.5, 0.6) is 0 Å². The van der Waals surface area contributed by atoms with Gasteiger partial charge in [-0.15, -0.1) is 0 Å². The molecule has 1 fully saturated rings. The number of hydrazine groups is 1. The van der Waals surface area contributed by atoms with Gasteiger partial charge in [-0.1, -0.05) is 6.42 Å². The Kier molecular flexibility index (Phi) is 12.9. The van der Waals surface area contributed by atoms with Crippen LogP contribution in [-0.2, 0) is 14.3 Å². The molecule has 4 N–H and O–H groups in total. The summed E-state index contributed by atoms with van der Waals surface area (Å²) in [5.74, 6) is -0.224. The molecule has 0 aromatic heterocycles. The lowest BCUT2D eigenvalue weighted by atomic mass is 10.2. The molecule has 160 valence electrons. The Bertz CT molecular complexity index is 514. The number of rotatable bonds is 17. The summed E-state index contributed by atoms with van der Waals surface area (Å²) in [6.07, 6.45) is 4.49. The van der Waals surface area contributed by atoms with E-state index < -0.39 is 0 Å². The summed E-state index contributed by atoms with van der Waals surface area (Å²) in [6.45, 7) is 9.52. The fourth-order valence-electron chi connectivity index (χ4n) is 2.58. The predicted molar refractivity (Wildman–Crippen MR) is 108 cm³/mol. The van der Waals surface area contributed by atoms with Crippen molar-refractivity contribution < 1.29 is 19.1 Å². The zero-order valence-electron chi connectivity index (χ0n) is 17.0. The van der Waals surface area contributed by atoms with E-state index in [0.29, 0.717) is 32.9 Å². The van der Waals surface area contributed by atoms with Gasteiger partial charge in [0.05, 0.1) is 25.9 Å². The standard InChI is InChI=1S/C18H34N6O4/c1-15(16(13-19-2)20-8-10-28-12-11-27-3)23-21-7-5-4-6-9-24-14-17(25)22-18(24)26/h13,15,20-21,23H,2,4-12,14H2,1,3H3,(H,22,25,26)/b16-13-. The first-order valence-corrected chi connectivity index (χ1v) is 9.62. The van der Waals surface area contributed by atoms with Crippen molar-refractivity contribution in [2.45, 2.75) is 32.2 Å². The minimum atomic E-state index is -0.287. The lowest BCUT2D eigenvalue weighted by Crippen LogP contribution is -2.44. The highest BCUT2D eigenvalue weighted by molar-refractivity contribution is 6.01. The lowest BCUT2D eigenvalue weighted by molar-refractivity contribution is -0.118. The van der Waals surface area contributed by atoms with E-state index >= 15 is 0 Å². The second-order valence-corrected chi connectivity index (χ2v) is 6.43. The molecule has 1 aliphatic rings. The third-order valence-corrected chi connectivity index (χ3v) is 4.12. The second kappa shape index (κ2) is 15.0. The molecule has 0 saturated carbocycles. The van der Waals surface area contributed by atoms with Crippen molar-refractivity contribution >= 4 is 18.7 Å². The Labute approximate surface area is 167 Å². The first kappa shape index (κ1) is 24.0. The minimum absolute atomic E-state index is 0.0313. The number of nitrogens with zero attached hydrogens (tertiary/aromatic N) is 2. The van der Waals surface area contributed by atoms with Crippen LogP contribution < -0.4 is 21.5 Å². The Morgan fingerprint density at radius 3 is 2.79 bits per heavy atom. The summed E-state index contributed by atoms with van der Waals surface area (Å²) < 4.78 is 10.4.